The van der Waals surface area contributed by atoms with Crippen LogP contribution in [0.3, 0.4) is 0 Å². The second-order valence-electron chi connectivity index (χ2n) is 3.32. The predicted molar refractivity (Wildman–Crippen MR) is 62.8 cm³/mol. The Balaban J connectivity index is 2.18. The molecule has 0 amide bonds. The van der Waals surface area contributed by atoms with Gasteiger partial charge in [-0.1, -0.05) is 0 Å². The molecule has 4 heteroatoms. The van der Waals surface area contributed by atoms with Gasteiger partial charge in [0.25, 0.3) is 0 Å². The number of rotatable bonds is 3. The Morgan fingerprint density at radius 2 is 2.36 bits per heavy atom. The van der Waals surface area contributed by atoms with Gasteiger partial charge >= 0.3 is 0 Å². The molecule has 14 heavy (non-hydrogen) atoms. The quantitative estimate of drug-likeness (QED) is 0.870. The molecule has 0 spiro atoms. The number of nitrogens with two attached hydrogens (primary N) is 1. The van der Waals surface area contributed by atoms with Crippen LogP contribution in [0.2, 0.25) is 0 Å². The molecule has 2 aromatic heterocycles. The van der Waals surface area contributed by atoms with E-state index in [2.05, 4.69) is 27.2 Å². The van der Waals surface area contributed by atoms with E-state index in [0.29, 0.717) is 0 Å². The normalized spacial score (nSPS) is 13.0. The van der Waals surface area contributed by atoms with E-state index >= 15 is 0 Å². The summed E-state index contributed by atoms with van der Waals surface area (Å²) < 4.78 is 0. The van der Waals surface area contributed by atoms with E-state index in [4.69, 9.17) is 5.73 Å². The third-order valence-electron chi connectivity index (χ3n) is 1.87. The van der Waals surface area contributed by atoms with Gasteiger partial charge in [0, 0.05) is 28.8 Å². The summed E-state index contributed by atoms with van der Waals surface area (Å²) >= 11 is 3.39. The standard InChI is InChI=1S/C10H12N2S2/c1-7(11)4-10-12-9(6-14-10)8-2-3-13-5-8/h2-3,5-7H,4,11H2,1H3. The van der Waals surface area contributed by atoms with Crippen LogP contribution in [0, 0.1) is 0 Å². The van der Waals surface area contributed by atoms with Crippen molar-refractivity contribution in [3.63, 3.8) is 0 Å². The van der Waals surface area contributed by atoms with Gasteiger partial charge in [-0.05, 0) is 18.4 Å². The Labute approximate surface area is 91.4 Å². The SMILES string of the molecule is CC(N)Cc1nc(-c2ccsc2)cs1. The van der Waals surface area contributed by atoms with Gasteiger partial charge in [-0.2, -0.15) is 11.3 Å². The number of hydrogen-bond acceptors (Lipinski definition) is 4. The van der Waals surface area contributed by atoms with E-state index < -0.39 is 0 Å². The predicted octanol–water partition coefficient (Wildman–Crippen LogP) is 2.76. The van der Waals surface area contributed by atoms with Crippen molar-refractivity contribution in [3.8, 4) is 11.3 Å². The Kier molecular flexibility index (Phi) is 2.96. The van der Waals surface area contributed by atoms with Gasteiger partial charge in [-0.15, -0.1) is 11.3 Å². The van der Waals surface area contributed by atoms with Gasteiger partial charge in [0.1, 0.15) is 0 Å². The molecule has 1 unspecified atom stereocenters. The Bertz CT molecular complexity index is 390. The molecule has 2 nitrogen and oxygen atoms in total. The van der Waals surface area contributed by atoms with Crippen LogP contribution in [-0.2, 0) is 6.42 Å². The molecule has 0 fully saturated rings. The van der Waals surface area contributed by atoms with Crippen molar-refractivity contribution in [2.45, 2.75) is 19.4 Å². The van der Waals surface area contributed by atoms with Crippen LogP contribution in [0.4, 0.5) is 0 Å². The van der Waals surface area contributed by atoms with Crippen LogP contribution >= 0.6 is 22.7 Å². The first kappa shape index (κ1) is 9.83. The van der Waals surface area contributed by atoms with Crippen molar-refractivity contribution in [2.75, 3.05) is 0 Å². The molecular formula is C10H12N2S2. The summed E-state index contributed by atoms with van der Waals surface area (Å²) in [5.41, 5.74) is 8.01. The molecule has 2 N–H and O–H groups in total. The highest BCUT2D eigenvalue weighted by Crippen LogP contribution is 2.24. The first-order valence-corrected chi connectivity index (χ1v) is 6.30. The van der Waals surface area contributed by atoms with E-state index in [9.17, 15) is 0 Å². The van der Waals surface area contributed by atoms with Crippen LogP contribution in [0.1, 0.15) is 11.9 Å². The fourth-order valence-electron chi connectivity index (χ4n) is 1.22. The number of thiophene rings is 1. The maximum Gasteiger partial charge on any atom is 0.0947 e. The molecular weight excluding hydrogens is 212 g/mol. The molecule has 74 valence electrons. The minimum Gasteiger partial charge on any atom is -0.328 e. The summed E-state index contributed by atoms with van der Waals surface area (Å²) in [5, 5.41) is 7.41. The van der Waals surface area contributed by atoms with Crippen molar-refractivity contribution in [1.29, 1.82) is 0 Å². The van der Waals surface area contributed by atoms with Crippen molar-refractivity contribution in [2.24, 2.45) is 5.73 Å². The lowest BCUT2D eigenvalue weighted by Crippen LogP contribution is -2.17. The van der Waals surface area contributed by atoms with Crippen molar-refractivity contribution < 1.29 is 0 Å². The van der Waals surface area contributed by atoms with Crippen LogP contribution < -0.4 is 5.73 Å². The smallest absolute Gasteiger partial charge is 0.0947 e. The summed E-state index contributed by atoms with van der Waals surface area (Å²) in [6, 6.07) is 2.28. The fraction of sp³-hybridized carbons (Fsp3) is 0.300. The summed E-state index contributed by atoms with van der Waals surface area (Å²) in [5.74, 6) is 0. The summed E-state index contributed by atoms with van der Waals surface area (Å²) in [4.78, 5) is 4.54. The molecule has 2 heterocycles. The first-order chi connectivity index (χ1) is 6.75. The Morgan fingerprint density at radius 1 is 1.50 bits per heavy atom. The van der Waals surface area contributed by atoms with Gasteiger partial charge in [-0.3, -0.25) is 0 Å². The molecule has 0 saturated carbocycles. The lowest BCUT2D eigenvalue weighted by molar-refractivity contribution is 0.734. The fourth-order valence-corrected chi connectivity index (χ4v) is 2.82. The zero-order chi connectivity index (χ0) is 9.97. The van der Waals surface area contributed by atoms with Crippen LogP contribution in [0.15, 0.2) is 22.2 Å². The van der Waals surface area contributed by atoms with Crippen molar-refractivity contribution >= 4 is 22.7 Å². The minimum absolute atomic E-state index is 0.191. The van der Waals surface area contributed by atoms with Gasteiger partial charge in [0.05, 0.1) is 10.7 Å². The van der Waals surface area contributed by atoms with Gasteiger partial charge in [0.2, 0.25) is 0 Å². The minimum atomic E-state index is 0.191. The van der Waals surface area contributed by atoms with E-state index in [0.717, 1.165) is 17.1 Å². The van der Waals surface area contributed by atoms with Crippen LogP contribution in [0.25, 0.3) is 11.3 Å². The number of aromatic nitrogens is 1. The van der Waals surface area contributed by atoms with Gasteiger partial charge in [-0.25, -0.2) is 4.98 Å². The largest absolute Gasteiger partial charge is 0.328 e. The maximum absolute atomic E-state index is 5.72. The van der Waals surface area contributed by atoms with E-state index in [1.54, 1.807) is 22.7 Å². The summed E-state index contributed by atoms with van der Waals surface area (Å²) in [6.07, 6.45) is 0.870. The third-order valence-corrected chi connectivity index (χ3v) is 3.42. The van der Waals surface area contributed by atoms with E-state index in [-0.39, 0.29) is 6.04 Å². The lowest BCUT2D eigenvalue weighted by Gasteiger charge is -1.98. The average Bonchev–Trinajstić information content (AvgIpc) is 2.69. The average molecular weight is 224 g/mol. The molecule has 0 aliphatic rings. The summed E-state index contributed by atoms with van der Waals surface area (Å²) in [7, 11) is 0. The molecule has 0 radical (unpaired) electrons. The number of nitrogens with zero attached hydrogens (tertiary/aromatic N) is 1. The zero-order valence-corrected chi connectivity index (χ0v) is 9.57. The molecule has 0 bridgehead atoms. The second kappa shape index (κ2) is 4.21. The highest BCUT2D eigenvalue weighted by molar-refractivity contribution is 7.10. The van der Waals surface area contributed by atoms with E-state index in [1.165, 1.54) is 5.56 Å². The molecule has 0 aromatic carbocycles. The van der Waals surface area contributed by atoms with Crippen LogP contribution in [0.5, 0.6) is 0 Å². The second-order valence-corrected chi connectivity index (χ2v) is 5.04. The van der Waals surface area contributed by atoms with Gasteiger partial charge < -0.3 is 5.73 Å². The van der Waals surface area contributed by atoms with E-state index in [1.807, 2.05) is 6.92 Å². The maximum atomic E-state index is 5.72. The lowest BCUT2D eigenvalue weighted by atomic mass is 10.2. The summed E-state index contributed by atoms with van der Waals surface area (Å²) in [6.45, 7) is 2.01. The zero-order valence-electron chi connectivity index (χ0n) is 7.93. The van der Waals surface area contributed by atoms with Crippen molar-refractivity contribution in [1.82, 2.24) is 4.98 Å². The first-order valence-electron chi connectivity index (χ1n) is 4.48. The molecule has 0 aliphatic carbocycles. The number of thiazole rings is 1. The highest BCUT2D eigenvalue weighted by Gasteiger charge is 2.06. The van der Waals surface area contributed by atoms with Crippen molar-refractivity contribution in [3.05, 3.63) is 27.2 Å². The molecule has 2 rings (SSSR count). The third kappa shape index (κ3) is 2.20. The van der Waals surface area contributed by atoms with Crippen LogP contribution in [-0.4, -0.2) is 11.0 Å². The Morgan fingerprint density at radius 3 is 3.00 bits per heavy atom. The molecule has 2 aromatic rings. The Hall–Kier alpha value is -0.710. The topological polar surface area (TPSA) is 38.9 Å². The molecule has 0 aliphatic heterocycles. The highest BCUT2D eigenvalue weighted by atomic mass is 32.1. The van der Waals surface area contributed by atoms with Gasteiger partial charge in [0.15, 0.2) is 0 Å². The monoisotopic (exact) mass is 224 g/mol. The number of hydrogen-bond donors (Lipinski definition) is 1. The molecule has 1 atom stereocenters. The molecule has 0 saturated heterocycles.